The van der Waals surface area contributed by atoms with Gasteiger partial charge in [0.25, 0.3) is 10.0 Å². The van der Waals surface area contributed by atoms with Gasteiger partial charge in [-0.25, -0.2) is 8.42 Å². The molecule has 0 spiro atoms. The minimum absolute atomic E-state index is 0.0384. The molecule has 1 N–H and O–H groups in total. The fourth-order valence-electron chi connectivity index (χ4n) is 4.39. The molecule has 0 radical (unpaired) electrons. The fraction of sp³-hybridized carbons (Fsp3) is 0.375. The second-order valence-electron chi connectivity index (χ2n) is 10.2. The van der Waals surface area contributed by atoms with E-state index < -0.39 is 28.5 Å². The molecular formula is C32H41N3O6S. The predicted molar refractivity (Wildman–Crippen MR) is 164 cm³/mol. The van der Waals surface area contributed by atoms with Crippen LogP contribution in [0.2, 0.25) is 0 Å². The molecule has 0 bridgehead atoms. The monoisotopic (exact) mass is 595 g/mol. The molecule has 10 heteroatoms. The fourth-order valence-corrected chi connectivity index (χ4v) is 5.81. The number of nitrogens with zero attached hydrogens (tertiary/aromatic N) is 2. The zero-order valence-electron chi connectivity index (χ0n) is 25.2. The summed E-state index contributed by atoms with van der Waals surface area (Å²) >= 11 is 0. The Morgan fingerprint density at radius 1 is 0.905 bits per heavy atom. The van der Waals surface area contributed by atoms with Crippen LogP contribution in [0, 0.1) is 13.8 Å². The number of hydrogen-bond donors (Lipinski definition) is 1. The van der Waals surface area contributed by atoms with Crippen LogP contribution in [0.3, 0.4) is 0 Å². The maximum atomic E-state index is 14.1. The van der Waals surface area contributed by atoms with Crippen molar-refractivity contribution in [3.8, 4) is 11.5 Å². The number of aryl methyl sites for hydroxylation is 2. The predicted octanol–water partition coefficient (Wildman–Crippen LogP) is 4.85. The van der Waals surface area contributed by atoms with E-state index in [1.54, 1.807) is 56.5 Å². The first-order valence-electron chi connectivity index (χ1n) is 14.0. The number of hydrogen-bond acceptors (Lipinski definition) is 6. The topological polar surface area (TPSA) is 105 Å². The van der Waals surface area contributed by atoms with E-state index in [4.69, 9.17) is 9.47 Å². The van der Waals surface area contributed by atoms with Crippen molar-refractivity contribution in [3.05, 3.63) is 83.4 Å². The van der Waals surface area contributed by atoms with Crippen LogP contribution < -0.4 is 19.1 Å². The summed E-state index contributed by atoms with van der Waals surface area (Å²) in [5.41, 5.74) is 2.69. The lowest BCUT2D eigenvalue weighted by Crippen LogP contribution is -2.51. The van der Waals surface area contributed by atoms with Crippen LogP contribution in [0.15, 0.2) is 71.6 Å². The molecule has 1 atom stereocenters. The summed E-state index contributed by atoms with van der Waals surface area (Å²) < 4.78 is 40.0. The van der Waals surface area contributed by atoms with Crippen molar-refractivity contribution < 1.29 is 27.5 Å². The zero-order chi connectivity index (χ0) is 30.9. The molecule has 3 rings (SSSR count). The Labute approximate surface area is 249 Å². The number of unbranched alkanes of at least 4 members (excludes halogenated alkanes) is 1. The lowest BCUT2D eigenvalue weighted by Gasteiger charge is -2.32. The van der Waals surface area contributed by atoms with Crippen molar-refractivity contribution in [2.24, 2.45) is 0 Å². The second-order valence-corrected chi connectivity index (χ2v) is 12.1. The van der Waals surface area contributed by atoms with Gasteiger partial charge in [-0.15, -0.1) is 0 Å². The molecule has 2 amide bonds. The molecule has 0 aliphatic carbocycles. The number of ether oxygens (including phenoxy) is 2. The first-order valence-corrected chi connectivity index (χ1v) is 15.4. The van der Waals surface area contributed by atoms with Crippen LogP contribution in [-0.4, -0.2) is 58.5 Å². The van der Waals surface area contributed by atoms with Crippen LogP contribution >= 0.6 is 0 Å². The molecule has 0 unspecified atom stereocenters. The van der Waals surface area contributed by atoms with Gasteiger partial charge in [-0.1, -0.05) is 49.2 Å². The van der Waals surface area contributed by atoms with E-state index in [-0.39, 0.29) is 23.0 Å². The lowest BCUT2D eigenvalue weighted by atomic mass is 10.1. The van der Waals surface area contributed by atoms with Crippen molar-refractivity contribution in [1.82, 2.24) is 10.2 Å². The van der Waals surface area contributed by atoms with E-state index in [0.29, 0.717) is 18.0 Å². The Kier molecular flexibility index (Phi) is 11.4. The van der Waals surface area contributed by atoms with Gasteiger partial charge >= 0.3 is 0 Å². The Morgan fingerprint density at radius 3 is 2.14 bits per heavy atom. The van der Waals surface area contributed by atoms with Gasteiger partial charge in [0.2, 0.25) is 11.8 Å². The highest BCUT2D eigenvalue weighted by molar-refractivity contribution is 7.92. The summed E-state index contributed by atoms with van der Waals surface area (Å²) in [5.74, 6) is 0.106. The number of methoxy groups -OCH3 is 2. The van der Waals surface area contributed by atoms with Gasteiger partial charge in [-0.2, -0.15) is 0 Å². The summed E-state index contributed by atoms with van der Waals surface area (Å²) in [6, 6.07) is 17.9. The van der Waals surface area contributed by atoms with Crippen LogP contribution in [0.4, 0.5) is 5.69 Å². The molecule has 0 aliphatic heterocycles. The van der Waals surface area contributed by atoms with E-state index in [2.05, 4.69) is 5.32 Å². The molecule has 0 aliphatic rings. The van der Waals surface area contributed by atoms with E-state index in [0.717, 1.165) is 33.8 Å². The maximum Gasteiger partial charge on any atom is 0.264 e. The van der Waals surface area contributed by atoms with Gasteiger partial charge in [0, 0.05) is 13.1 Å². The molecule has 0 fully saturated rings. The van der Waals surface area contributed by atoms with Gasteiger partial charge in [0.05, 0.1) is 24.8 Å². The van der Waals surface area contributed by atoms with E-state index in [9.17, 15) is 18.0 Å². The van der Waals surface area contributed by atoms with Crippen molar-refractivity contribution in [1.29, 1.82) is 0 Å². The van der Waals surface area contributed by atoms with Gasteiger partial charge in [-0.3, -0.25) is 13.9 Å². The normalized spacial score (nSPS) is 11.9. The molecule has 9 nitrogen and oxygen atoms in total. The first kappa shape index (κ1) is 32.5. The summed E-state index contributed by atoms with van der Waals surface area (Å²) in [6.45, 7) is 7.41. The van der Waals surface area contributed by atoms with Crippen molar-refractivity contribution in [2.45, 2.75) is 58.0 Å². The lowest BCUT2D eigenvalue weighted by molar-refractivity contribution is -0.139. The second kappa shape index (κ2) is 14.7. The summed E-state index contributed by atoms with van der Waals surface area (Å²) in [4.78, 5) is 28.7. The highest BCUT2D eigenvalue weighted by atomic mass is 32.2. The Hall–Kier alpha value is -4.05. The summed E-state index contributed by atoms with van der Waals surface area (Å²) in [5, 5.41) is 2.89. The number of anilines is 1. The largest absolute Gasteiger partial charge is 0.497 e. The molecule has 0 aromatic heterocycles. The van der Waals surface area contributed by atoms with Gasteiger partial charge in [-0.05, 0) is 74.7 Å². The van der Waals surface area contributed by atoms with Crippen LogP contribution in [-0.2, 0) is 26.2 Å². The molecule has 3 aromatic rings. The molecule has 3 aromatic carbocycles. The third kappa shape index (κ3) is 8.03. The molecule has 42 heavy (non-hydrogen) atoms. The van der Waals surface area contributed by atoms with Crippen molar-refractivity contribution in [3.63, 3.8) is 0 Å². The molecule has 0 saturated heterocycles. The van der Waals surface area contributed by atoms with E-state index >= 15 is 0 Å². The maximum absolute atomic E-state index is 14.1. The van der Waals surface area contributed by atoms with Crippen molar-refractivity contribution >= 4 is 27.5 Å². The number of carbonyl (C=O) groups excluding carboxylic acids is 2. The van der Waals surface area contributed by atoms with Crippen LogP contribution in [0.5, 0.6) is 11.5 Å². The average Bonchev–Trinajstić information content (AvgIpc) is 2.98. The standard InChI is InChI=1S/C32H41N3O6S/c1-7-8-19-33-32(37)25(4)34(21-26-12-14-27(40-5)15-13-26)31(36)22-35(29-20-24(3)11-18-30(29)41-6)42(38,39)28-16-9-23(2)10-17-28/h9-18,20,25H,7-8,19,21-22H2,1-6H3,(H,33,37)/t25-/m0/s1. The summed E-state index contributed by atoms with van der Waals surface area (Å²) in [6.07, 6.45) is 1.72. The number of benzene rings is 3. The third-order valence-electron chi connectivity index (χ3n) is 7.00. The minimum Gasteiger partial charge on any atom is -0.497 e. The molecule has 226 valence electrons. The average molecular weight is 596 g/mol. The van der Waals surface area contributed by atoms with Crippen LogP contribution in [0.1, 0.15) is 43.4 Å². The Morgan fingerprint density at radius 2 is 1.55 bits per heavy atom. The first-order chi connectivity index (χ1) is 20.0. The highest BCUT2D eigenvalue weighted by Crippen LogP contribution is 2.34. The number of nitrogens with one attached hydrogen (secondary N) is 1. The number of sulfonamides is 1. The van der Waals surface area contributed by atoms with Gasteiger partial charge < -0.3 is 19.7 Å². The minimum atomic E-state index is -4.21. The number of rotatable bonds is 14. The Balaban J connectivity index is 2.06. The zero-order valence-corrected chi connectivity index (χ0v) is 26.0. The SMILES string of the molecule is CCCCNC(=O)[C@H](C)N(Cc1ccc(OC)cc1)C(=O)CN(c1cc(C)ccc1OC)S(=O)(=O)c1ccc(C)cc1. The highest BCUT2D eigenvalue weighted by Gasteiger charge is 2.34. The number of amides is 2. The van der Waals surface area contributed by atoms with Crippen LogP contribution in [0.25, 0.3) is 0 Å². The van der Waals surface area contributed by atoms with E-state index in [1.165, 1.54) is 24.1 Å². The van der Waals surface area contributed by atoms with Gasteiger partial charge in [0.15, 0.2) is 0 Å². The molecule has 0 saturated carbocycles. The Bertz CT molecular complexity index is 1460. The smallest absolute Gasteiger partial charge is 0.264 e. The van der Waals surface area contributed by atoms with E-state index in [1.807, 2.05) is 32.9 Å². The quantitative estimate of drug-likeness (QED) is 0.267. The van der Waals surface area contributed by atoms with Gasteiger partial charge in [0.1, 0.15) is 24.1 Å². The number of carbonyl (C=O) groups is 2. The molecule has 0 heterocycles. The third-order valence-corrected chi connectivity index (χ3v) is 8.77. The molecular weight excluding hydrogens is 554 g/mol. The van der Waals surface area contributed by atoms with Crippen molar-refractivity contribution in [2.75, 3.05) is 31.6 Å². The summed E-state index contributed by atoms with van der Waals surface area (Å²) in [7, 11) is -1.19.